The third kappa shape index (κ3) is 4.35. The van der Waals surface area contributed by atoms with Crippen LogP contribution in [-0.2, 0) is 6.54 Å². The molecule has 2 aromatic rings. The summed E-state index contributed by atoms with van der Waals surface area (Å²) in [5.74, 6) is 2.39. The molecule has 0 radical (unpaired) electrons. The van der Waals surface area contributed by atoms with E-state index in [1.807, 2.05) is 30.0 Å². The number of benzene rings is 1. The molecule has 2 N–H and O–H groups in total. The summed E-state index contributed by atoms with van der Waals surface area (Å²) in [5.41, 5.74) is 3.02. The highest BCUT2D eigenvalue weighted by Gasteiger charge is 2.10. The minimum absolute atomic E-state index is 0.495. The lowest BCUT2D eigenvalue weighted by Gasteiger charge is -2.12. The van der Waals surface area contributed by atoms with Crippen molar-refractivity contribution in [1.82, 2.24) is 20.7 Å². The van der Waals surface area contributed by atoms with Crippen molar-refractivity contribution in [3.05, 3.63) is 36.0 Å². The second kappa shape index (κ2) is 8.07. The van der Waals surface area contributed by atoms with E-state index < -0.39 is 0 Å². The Labute approximate surface area is 124 Å². The van der Waals surface area contributed by atoms with Crippen LogP contribution in [-0.4, -0.2) is 33.0 Å². The molecule has 1 aromatic heterocycles. The molecule has 1 unspecified atom stereocenters. The predicted molar refractivity (Wildman–Crippen MR) is 85.7 cm³/mol. The van der Waals surface area contributed by atoms with Gasteiger partial charge in [0.25, 0.3) is 0 Å². The van der Waals surface area contributed by atoms with Gasteiger partial charge in [-0.05, 0) is 24.9 Å². The zero-order valence-electron chi connectivity index (χ0n) is 12.1. The summed E-state index contributed by atoms with van der Waals surface area (Å²) < 4.78 is 0. The molecule has 2 rings (SSSR count). The van der Waals surface area contributed by atoms with Crippen LogP contribution < -0.4 is 5.32 Å². The van der Waals surface area contributed by atoms with E-state index in [9.17, 15) is 0 Å². The van der Waals surface area contributed by atoms with Gasteiger partial charge in [-0.15, -0.1) is 0 Å². The van der Waals surface area contributed by atoms with Gasteiger partial charge in [0.05, 0.1) is 0 Å². The van der Waals surface area contributed by atoms with Crippen LogP contribution in [0.3, 0.4) is 0 Å². The Balaban J connectivity index is 1.90. The minimum Gasteiger partial charge on any atom is -0.308 e. The van der Waals surface area contributed by atoms with Crippen molar-refractivity contribution < 1.29 is 0 Å². The quantitative estimate of drug-likeness (QED) is 0.734. The summed E-state index contributed by atoms with van der Waals surface area (Å²) in [6.45, 7) is 5.17. The normalized spacial score (nSPS) is 12.5. The van der Waals surface area contributed by atoms with Crippen LogP contribution in [0.1, 0.15) is 26.0 Å². The molecule has 0 spiro atoms. The second-order valence-electron chi connectivity index (χ2n) is 4.75. The Morgan fingerprint density at radius 1 is 1.25 bits per heavy atom. The Bertz CT molecular complexity index is 498. The smallest absolute Gasteiger partial charge is 0.117 e. The molecule has 0 aliphatic heterocycles. The number of hydrogen-bond acceptors (Lipinski definition) is 4. The molecule has 1 heterocycles. The maximum atomic E-state index is 4.26. The van der Waals surface area contributed by atoms with Crippen LogP contribution >= 0.6 is 11.8 Å². The van der Waals surface area contributed by atoms with Gasteiger partial charge in [0.15, 0.2) is 0 Å². The molecule has 4 nitrogen and oxygen atoms in total. The number of H-pyrrole nitrogens is 1. The van der Waals surface area contributed by atoms with Gasteiger partial charge in [-0.1, -0.05) is 37.3 Å². The molecular weight excluding hydrogens is 268 g/mol. The van der Waals surface area contributed by atoms with Crippen LogP contribution in [0.4, 0.5) is 0 Å². The second-order valence-corrected chi connectivity index (χ2v) is 6.15. The first-order valence-corrected chi connectivity index (χ1v) is 8.23. The Hall–Kier alpha value is -1.33. The number of hydrogen-bond donors (Lipinski definition) is 2. The Kier molecular flexibility index (Phi) is 6.08. The van der Waals surface area contributed by atoms with E-state index in [2.05, 4.69) is 46.7 Å². The van der Waals surface area contributed by atoms with Crippen molar-refractivity contribution >= 4 is 11.8 Å². The number of nitrogens with one attached hydrogen (secondary N) is 2. The summed E-state index contributed by atoms with van der Waals surface area (Å²) in [6.07, 6.45) is 1.18. The highest BCUT2D eigenvalue weighted by atomic mass is 32.2. The SMILES string of the molecule is CCSCCC(C)NCc1n[nH]nc1-c1ccccc1. The van der Waals surface area contributed by atoms with Crippen molar-refractivity contribution in [3.8, 4) is 11.3 Å². The van der Waals surface area contributed by atoms with Gasteiger partial charge in [-0.2, -0.15) is 27.2 Å². The summed E-state index contributed by atoms with van der Waals surface area (Å²) in [7, 11) is 0. The largest absolute Gasteiger partial charge is 0.308 e. The van der Waals surface area contributed by atoms with Crippen LogP contribution in [0, 0.1) is 0 Å². The number of aromatic nitrogens is 3. The lowest BCUT2D eigenvalue weighted by molar-refractivity contribution is 0.532. The van der Waals surface area contributed by atoms with Crippen LogP contribution in [0.2, 0.25) is 0 Å². The monoisotopic (exact) mass is 290 g/mol. The zero-order chi connectivity index (χ0) is 14.2. The number of thioether (sulfide) groups is 1. The molecule has 5 heteroatoms. The van der Waals surface area contributed by atoms with Gasteiger partial charge in [-0.3, -0.25) is 0 Å². The van der Waals surface area contributed by atoms with E-state index in [0.717, 1.165) is 23.5 Å². The van der Waals surface area contributed by atoms with Crippen LogP contribution in [0.5, 0.6) is 0 Å². The highest BCUT2D eigenvalue weighted by Crippen LogP contribution is 2.18. The van der Waals surface area contributed by atoms with E-state index >= 15 is 0 Å². The number of aromatic amines is 1. The van der Waals surface area contributed by atoms with E-state index in [1.165, 1.54) is 17.9 Å². The molecule has 0 amide bonds. The highest BCUT2D eigenvalue weighted by molar-refractivity contribution is 7.99. The maximum Gasteiger partial charge on any atom is 0.117 e. The molecule has 0 fully saturated rings. The predicted octanol–water partition coefficient (Wildman–Crippen LogP) is 3.09. The maximum absolute atomic E-state index is 4.26. The summed E-state index contributed by atoms with van der Waals surface area (Å²) in [6, 6.07) is 10.7. The fraction of sp³-hybridized carbons (Fsp3) is 0.467. The van der Waals surface area contributed by atoms with Crippen molar-refractivity contribution in [1.29, 1.82) is 0 Å². The van der Waals surface area contributed by atoms with E-state index in [4.69, 9.17) is 0 Å². The molecule has 1 aromatic carbocycles. The third-order valence-electron chi connectivity index (χ3n) is 3.18. The molecule has 0 saturated heterocycles. The summed E-state index contributed by atoms with van der Waals surface area (Å²) >= 11 is 1.99. The van der Waals surface area contributed by atoms with E-state index in [-0.39, 0.29) is 0 Å². The lowest BCUT2D eigenvalue weighted by Crippen LogP contribution is -2.26. The summed E-state index contributed by atoms with van der Waals surface area (Å²) in [5, 5.41) is 14.8. The van der Waals surface area contributed by atoms with E-state index in [1.54, 1.807) is 0 Å². The van der Waals surface area contributed by atoms with Gasteiger partial charge in [0, 0.05) is 18.2 Å². The van der Waals surface area contributed by atoms with Gasteiger partial charge in [0.1, 0.15) is 11.4 Å². The van der Waals surface area contributed by atoms with Gasteiger partial charge < -0.3 is 5.32 Å². The first-order chi connectivity index (χ1) is 9.81. The van der Waals surface area contributed by atoms with E-state index in [0.29, 0.717) is 6.04 Å². The number of nitrogens with zero attached hydrogens (tertiary/aromatic N) is 2. The van der Waals surface area contributed by atoms with Crippen LogP contribution in [0.15, 0.2) is 30.3 Å². The molecule has 0 saturated carbocycles. The minimum atomic E-state index is 0.495. The Morgan fingerprint density at radius 2 is 2.05 bits per heavy atom. The van der Waals surface area contributed by atoms with Crippen LogP contribution in [0.25, 0.3) is 11.3 Å². The number of rotatable bonds is 8. The average Bonchev–Trinajstić information content (AvgIpc) is 2.95. The lowest BCUT2D eigenvalue weighted by atomic mass is 10.1. The first kappa shape index (κ1) is 15.1. The van der Waals surface area contributed by atoms with Gasteiger partial charge in [0.2, 0.25) is 0 Å². The van der Waals surface area contributed by atoms with Crippen molar-refractivity contribution in [2.45, 2.75) is 32.9 Å². The molecule has 108 valence electrons. The molecule has 0 aliphatic carbocycles. The molecule has 1 atom stereocenters. The fourth-order valence-corrected chi connectivity index (χ4v) is 2.79. The third-order valence-corrected chi connectivity index (χ3v) is 4.12. The van der Waals surface area contributed by atoms with Gasteiger partial charge >= 0.3 is 0 Å². The Morgan fingerprint density at radius 3 is 2.80 bits per heavy atom. The fourth-order valence-electron chi connectivity index (χ4n) is 1.98. The van der Waals surface area contributed by atoms with Crippen molar-refractivity contribution in [2.75, 3.05) is 11.5 Å². The standard InChI is InChI=1S/C15H22N4S/c1-3-20-10-9-12(2)16-11-14-15(18-19-17-14)13-7-5-4-6-8-13/h4-8,12,16H,3,9-11H2,1-2H3,(H,17,18,19). The average molecular weight is 290 g/mol. The van der Waals surface area contributed by atoms with Gasteiger partial charge in [-0.25, -0.2) is 0 Å². The zero-order valence-corrected chi connectivity index (χ0v) is 12.9. The molecule has 20 heavy (non-hydrogen) atoms. The molecule has 0 aliphatic rings. The molecule has 0 bridgehead atoms. The first-order valence-electron chi connectivity index (χ1n) is 7.07. The van der Waals surface area contributed by atoms with Crippen molar-refractivity contribution in [3.63, 3.8) is 0 Å². The summed E-state index contributed by atoms with van der Waals surface area (Å²) in [4.78, 5) is 0. The topological polar surface area (TPSA) is 53.6 Å². The van der Waals surface area contributed by atoms with Crippen molar-refractivity contribution in [2.24, 2.45) is 0 Å². The molecular formula is C15H22N4S.